The first-order valence-corrected chi connectivity index (χ1v) is 16.0. The minimum absolute atomic E-state index is 0.173. The van der Waals surface area contributed by atoms with E-state index in [1.807, 2.05) is 26.0 Å². The van der Waals surface area contributed by atoms with Crippen LogP contribution in [-0.4, -0.2) is 35.4 Å². The molecule has 0 saturated carbocycles. The Balaban J connectivity index is 1.77. The molecular formula is C38H58O6. The molecule has 6 heteroatoms. The number of phenolic OH excluding ortho intramolecular Hbond substituents is 2. The van der Waals surface area contributed by atoms with Crippen LogP contribution in [0.3, 0.4) is 0 Å². The Morgan fingerprint density at radius 3 is 1.20 bits per heavy atom. The zero-order chi connectivity index (χ0) is 33.7. The number of ether oxygens (including phenoxy) is 2. The lowest BCUT2D eigenvalue weighted by molar-refractivity contribution is -0.148. The highest BCUT2D eigenvalue weighted by molar-refractivity contribution is 5.70. The van der Waals surface area contributed by atoms with Crippen molar-refractivity contribution in [3.05, 3.63) is 57.6 Å². The largest absolute Gasteiger partial charge is 0.507 e. The van der Waals surface area contributed by atoms with Crippen molar-refractivity contribution in [2.24, 2.45) is 10.8 Å². The van der Waals surface area contributed by atoms with Gasteiger partial charge in [0, 0.05) is 23.7 Å². The number of unbranched alkanes of at least 4 members (excludes halogenated alkanes) is 1. The second-order valence-corrected chi connectivity index (χ2v) is 16.3. The molecule has 0 atom stereocenters. The van der Waals surface area contributed by atoms with Gasteiger partial charge in [-0.05, 0) is 83.7 Å². The van der Waals surface area contributed by atoms with Crippen molar-refractivity contribution in [2.75, 3.05) is 13.2 Å². The van der Waals surface area contributed by atoms with Crippen LogP contribution in [-0.2, 0) is 42.7 Å². The molecule has 0 aliphatic carbocycles. The highest BCUT2D eigenvalue weighted by Gasteiger charge is 2.26. The molecule has 0 bridgehead atoms. The highest BCUT2D eigenvalue weighted by Crippen LogP contribution is 2.37. The first-order chi connectivity index (χ1) is 20.0. The lowest BCUT2D eigenvalue weighted by atomic mass is 9.80. The van der Waals surface area contributed by atoms with Crippen LogP contribution in [0.15, 0.2) is 24.3 Å². The van der Waals surface area contributed by atoms with Crippen molar-refractivity contribution >= 4 is 11.9 Å². The van der Waals surface area contributed by atoms with Crippen molar-refractivity contribution in [1.29, 1.82) is 0 Å². The summed E-state index contributed by atoms with van der Waals surface area (Å²) in [5.41, 5.74) is 4.89. The summed E-state index contributed by atoms with van der Waals surface area (Å²) in [6.07, 6.45) is 3.08. The fraction of sp³-hybridized carbons (Fsp3) is 0.632. The lowest BCUT2D eigenvalue weighted by Gasteiger charge is -2.27. The molecule has 2 N–H and O–H groups in total. The van der Waals surface area contributed by atoms with Crippen LogP contribution in [0.25, 0.3) is 0 Å². The summed E-state index contributed by atoms with van der Waals surface area (Å²) in [5, 5.41) is 21.1. The van der Waals surface area contributed by atoms with E-state index >= 15 is 0 Å². The molecule has 0 saturated heterocycles. The molecular weight excluding hydrogens is 552 g/mol. The van der Waals surface area contributed by atoms with Crippen molar-refractivity contribution < 1.29 is 29.3 Å². The molecule has 2 aromatic carbocycles. The SMILES string of the molecule is Cc1cc(CC(C)(C)COC(=O)CCCCC(=O)OCC(C)(C)Cc2cc(C)c(O)c(C(C)(C)C)c2)cc(C(C)(C)C)c1O. The van der Waals surface area contributed by atoms with Gasteiger partial charge in [-0.2, -0.15) is 0 Å². The van der Waals surface area contributed by atoms with E-state index in [2.05, 4.69) is 81.4 Å². The third kappa shape index (κ3) is 11.5. The fourth-order valence-electron chi connectivity index (χ4n) is 5.50. The Labute approximate surface area is 266 Å². The number of carbonyl (C=O) groups excluding carboxylic acids is 2. The molecule has 0 spiro atoms. The van der Waals surface area contributed by atoms with Gasteiger partial charge in [-0.15, -0.1) is 0 Å². The maximum Gasteiger partial charge on any atom is 0.305 e. The molecule has 0 aliphatic heterocycles. The smallest absolute Gasteiger partial charge is 0.305 e. The number of phenols is 2. The second kappa shape index (κ2) is 14.4. The molecule has 6 nitrogen and oxygen atoms in total. The summed E-state index contributed by atoms with van der Waals surface area (Å²) in [7, 11) is 0. The Morgan fingerprint density at radius 1 is 0.591 bits per heavy atom. The van der Waals surface area contributed by atoms with E-state index in [-0.39, 0.29) is 46.4 Å². The summed E-state index contributed by atoms with van der Waals surface area (Å²) in [6.45, 7) is 25.2. The molecule has 44 heavy (non-hydrogen) atoms. The van der Waals surface area contributed by atoms with E-state index in [0.29, 0.717) is 37.6 Å². The van der Waals surface area contributed by atoms with Crippen LogP contribution in [0.1, 0.15) is 128 Å². The quantitative estimate of drug-likeness (QED) is 0.174. The first kappa shape index (κ1) is 37.2. The average Bonchev–Trinajstić information content (AvgIpc) is 2.86. The number of benzene rings is 2. The predicted molar refractivity (Wildman–Crippen MR) is 178 cm³/mol. The number of aromatic hydroxyl groups is 2. The molecule has 0 aliphatic rings. The zero-order valence-corrected chi connectivity index (χ0v) is 29.5. The van der Waals surface area contributed by atoms with Gasteiger partial charge < -0.3 is 19.7 Å². The van der Waals surface area contributed by atoms with Crippen LogP contribution < -0.4 is 0 Å². The second-order valence-electron chi connectivity index (χ2n) is 16.3. The van der Waals surface area contributed by atoms with E-state index in [1.165, 1.54) is 0 Å². The summed E-state index contributed by atoms with van der Waals surface area (Å²) >= 11 is 0. The van der Waals surface area contributed by atoms with Crippen molar-refractivity contribution in [1.82, 2.24) is 0 Å². The molecule has 2 aromatic rings. The minimum Gasteiger partial charge on any atom is -0.507 e. The number of rotatable bonds is 13. The predicted octanol–water partition coefficient (Wildman–Crippen LogP) is 8.79. The van der Waals surface area contributed by atoms with Crippen LogP contribution >= 0.6 is 0 Å². The van der Waals surface area contributed by atoms with Crippen LogP contribution in [0.5, 0.6) is 11.5 Å². The Bertz CT molecular complexity index is 1200. The Hall–Kier alpha value is -3.02. The molecule has 246 valence electrons. The zero-order valence-electron chi connectivity index (χ0n) is 29.5. The van der Waals surface area contributed by atoms with Gasteiger partial charge in [0.05, 0.1) is 13.2 Å². The maximum absolute atomic E-state index is 12.4. The van der Waals surface area contributed by atoms with Gasteiger partial charge in [0.1, 0.15) is 11.5 Å². The molecule has 0 amide bonds. The fourth-order valence-corrected chi connectivity index (χ4v) is 5.50. The average molecular weight is 611 g/mol. The Kier molecular flexibility index (Phi) is 12.2. The maximum atomic E-state index is 12.4. The lowest BCUT2D eigenvalue weighted by Crippen LogP contribution is -2.25. The van der Waals surface area contributed by atoms with Crippen LogP contribution in [0, 0.1) is 24.7 Å². The Morgan fingerprint density at radius 2 is 0.909 bits per heavy atom. The van der Waals surface area contributed by atoms with Gasteiger partial charge in [0.15, 0.2) is 0 Å². The van der Waals surface area contributed by atoms with Gasteiger partial charge >= 0.3 is 11.9 Å². The molecule has 0 heterocycles. The summed E-state index contributed by atoms with van der Waals surface area (Å²) in [5.74, 6) is 0.168. The number of aryl methyl sites for hydroxylation is 2. The molecule has 0 unspecified atom stereocenters. The van der Waals surface area contributed by atoms with Crippen LogP contribution in [0.4, 0.5) is 0 Å². The molecule has 2 rings (SSSR count). The molecule has 0 fully saturated rings. The van der Waals surface area contributed by atoms with Gasteiger partial charge in [-0.25, -0.2) is 0 Å². The monoisotopic (exact) mass is 610 g/mol. The van der Waals surface area contributed by atoms with E-state index in [9.17, 15) is 19.8 Å². The number of hydrogen-bond donors (Lipinski definition) is 2. The number of carbonyl (C=O) groups is 2. The highest BCUT2D eigenvalue weighted by atomic mass is 16.5. The minimum atomic E-state index is -0.266. The van der Waals surface area contributed by atoms with Crippen molar-refractivity contribution in [2.45, 2.75) is 132 Å². The van der Waals surface area contributed by atoms with Crippen LogP contribution in [0.2, 0.25) is 0 Å². The number of hydrogen-bond acceptors (Lipinski definition) is 6. The molecule has 0 radical (unpaired) electrons. The van der Waals surface area contributed by atoms with E-state index in [4.69, 9.17) is 9.47 Å². The van der Waals surface area contributed by atoms with E-state index < -0.39 is 0 Å². The van der Waals surface area contributed by atoms with E-state index in [0.717, 1.165) is 46.2 Å². The molecule has 0 aromatic heterocycles. The van der Waals surface area contributed by atoms with Gasteiger partial charge in [-0.3, -0.25) is 9.59 Å². The summed E-state index contributed by atoms with van der Waals surface area (Å²) in [6, 6.07) is 8.13. The van der Waals surface area contributed by atoms with Gasteiger partial charge in [-0.1, -0.05) is 93.5 Å². The normalized spacial score (nSPS) is 12.7. The van der Waals surface area contributed by atoms with Crippen molar-refractivity contribution in [3.8, 4) is 11.5 Å². The standard InChI is InChI=1S/C38H58O6/c1-25-17-27(19-29(33(25)41)35(3,4)5)21-37(9,10)23-43-31(39)15-13-14-16-32(40)44-24-38(11,12)22-28-18-26(2)34(42)30(20-28)36(6,7)8/h17-20,41-42H,13-16,21-24H2,1-12H3. The van der Waals surface area contributed by atoms with Gasteiger partial charge in [0.25, 0.3) is 0 Å². The van der Waals surface area contributed by atoms with E-state index in [1.54, 1.807) is 0 Å². The third-order valence-corrected chi connectivity index (χ3v) is 7.96. The summed E-state index contributed by atoms with van der Waals surface area (Å²) in [4.78, 5) is 24.9. The van der Waals surface area contributed by atoms with Gasteiger partial charge in [0.2, 0.25) is 0 Å². The number of esters is 2. The first-order valence-electron chi connectivity index (χ1n) is 16.0. The van der Waals surface area contributed by atoms with Crippen molar-refractivity contribution in [3.63, 3.8) is 0 Å². The third-order valence-electron chi connectivity index (χ3n) is 7.96. The topological polar surface area (TPSA) is 93.1 Å². The summed E-state index contributed by atoms with van der Waals surface area (Å²) < 4.78 is 11.2.